The number of rotatable bonds is 7. The van der Waals surface area contributed by atoms with Crippen LogP contribution in [0.1, 0.15) is 73.9 Å². The van der Waals surface area contributed by atoms with Crippen molar-refractivity contribution >= 4 is 35.0 Å². The molecule has 0 radical (unpaired) electrons. The summed E-state index contributed by atoms with van der Waals surface area (Å²) in [7, 11) is -3.76. The summed E-state index contributed by atoms with van der Waals surface area (Å²) in [5, 5.41) is 1.41. The molecule has 186 valence electrons. The van der Waals surface area contributed by atoms with Crippen LogP contribution in [0.3, 0.4) is 0 Å². The van der Waals surface area contributed by atoms with Gasteiger partial charge in [0, 0.05) is 0 Å². The lowest BCUT2D eigenvalue weighted by Crippen LogP contribution is -2.50. The van der Waals surface area contributed by atoms with Crippen molar-refractivity contribution < 1.29 is 22.7 Å². The van der Waals surface area contributed by atoms with Crippen LogP contribution in [0.5, 0.6) is 0 Å². The van der Waals surface area contributed by atoms with Crippen molar-refractivity contribution in [2.75, 3.05) is 6.61 Å². The van der Waals surface area contributed by atoms with E-state index in [2.05, 4.69) is 26.1 Å². The number of carbonyl (C=O) groups excluding carboxylic acids is 2. The molecule has 1 fully saturated rings. The van der Waals surface area contributed by atoms with E-state index in [0.717, 1.165) is 5.56 Å². The molecular formula is C24H43NO5S2. The van der Waals surface area contributed by atoms with Crippen LogP contribution in [0, 0.1) is 5.92 Å². The van der Waals surface area contributed by atoms with Gasteiger partial charge in [-0.15, -0.1) is 0 Å². The van der Waals surface area contributed by atoms with Gasteiger partial charge in [-0.3, -0.25) is 9.59 Å². The molecule has 1 N–H and O–H groups in total. The predicted molar refractivity (Wildman–Crippen MR) is 137 cm³/mol. The fraction of sp³-hybridized carbons (Fsp3) is 0.667. The van der Waals surface area contributed by atoms with Crippen molar-refractivity contribution in [2.24, 2.45) is 5.92 Å². The molecule has 0 bridgehead atoms. The highest BCUT2D eigenvalue weighted by molar-refractivity contribution is 7.92. The lowest BCUT2D eigenvalue weighted by molar-refractivity contribution is -0.126. The summed E-state index contributed by atoms with van der Waals surface area (Å²) in [6.07, 6.45) is -0.261. The Labute approximate surface area is 202 Å². The molecule has 1 aliphatic rings. The molecule has 0 spiro atoms. The smallest absolute Gasteiger partial charge is 0.239 e. The van der Waals surface area contributed by atoms with Crippen LogP contribution in [0.2, 0.25) is 0 Å². The Hall–Kier alpha value is -1.38. The number of Topliss-reactive ketones (excluding diaryl/α,β-unsaturated/α-hetero) is 1. The molecule has 1 aromatic carbocycles. The summed E-state index contributed by atoms with van der Waals surface area (Å²) in [4.78, 5) is 24.8. The molecule has 1 amide bonds. The highest BCUT2D eigenvalue weighted by atomic mass is 32.2. The van der Waals surface area contributed by atoms with Gasteiger partial charge in [0.15, 0.2) is 15.6 Å². The first kappa shape index (κ1) is 32.8. The van der Waals surface area contributed by atoms with Gasteiger partial charge in [-0.2, -0.15) is 13.5 Å². The molecule has 8 heteroatoms. The molecule has 32 heavy (non-hydrogen) atoms. The predicted octanol–water partition coefficient (Wildman–Crippen LogP) is 4.17. The van der Waals surface area contributed by atoms with Gasteiger partial charge in [-0.25, -0.2) is 8.42 Å². The molecule has 3 atom stereocenters. The largest absolute Gasteiger partial charge is 0.368 e. The second kappa shape index (κ2) is 12.8. The third kappa shape index (κ3) is 8.52. The molecule has 0 unspecified atom stereocenters. The fourth-order valence-corrected chi connectivity index (χ4v) is 5.31. The van der Waals surface area contributed by atoms with Gasteiger partial charge in [0.25, 0.3) is 0 Å². The molecule has 1 saturated heterocycles. The zero-order chi connectivity index (χ0) is 22.0. The number of amides is 1. The molecule has 2 rings (SSSR count). The zero-order valence-electron chi connectivity index (χ0n) is 18.7. The van der Waals surface area contributed by atoms with E-state index >= 15 is 0 Å². The summed E-state index contributed by atoms with van der Waals surface area (Å²) in [5.74, 6) is -1.06. The number of hydrogen-bond acceptors (Lipinski definition) is 5. The average molecular weight is 490 g/mol. The van der Waals surface area contributed by atoms with Gasteiger partial charge in [-0.1, -0.05) is 73.7 Å². The van der Waals surface area contributed by atoms with Gasteiger partial charge >= 0.3 is 0 Å². The van der Waals surface area contributed by atoms with Crippen LogP contribution in [-0.2, 0) is 35.3 Å². The Morgan fingerprint density at radius 2 is 1.69 bits per heavy atom. The maximum atomic E-state index is 13.1. The molecule has 1 aromatic rings. The lowest BCUT2D eigenvalue weighted by Gasteiger charge is -2.23. The number of carbonyl (C=O) groups is 2. The summed E-state index contributed by atoms with van der Waals surface area (Å²) in [6.45, 7) is 11.7. The number of hydrogen-bond donors (Lipinski definition) is 1. The topological polar surface area (TPSA) is 89.5 Å². The first-order valence-corrected chi connectivity index (χ1v) is 11.8. The van der Waals surface area contributed by atoms with Crippen LogP contribution in [-0.4, -0.2) is 44.1 Å². The van der Waals surface area contributed by atoms with E-state index in [0.29, 0.717) is 5.56 Å². The van der Waals surface area contributed by atoms with E-state index in [4.69, 9.17) is 4.74 Å². The third-order valence-electron chi connectivity index (χ3n) is 5.20. The Morgan fingerprint density at radius 1 is 1.16 bits per heavy atom. The minimum atomic E-state index is -3.76. The van der Waals surface area contributed by atoms with E-state index in [-0.39, 0.29) is 64.2 Å². The van der Waals surface area contributed by atoms with Crippen molar-refractivity contribution in [3.8, 4) is 0 Å². The second-order valence-corrected chi connectivity index (χ2v) is 11.5. The minimum Gasteiger partial charge on any atom is -0.368 e. The van der Waals surface area contributed by atoms with Crippen molar-refractivity contribution in [3.05, 3.63) is 35.4 Å². The van der Waals surface area contributed by atoms with E-state index in [1.807, 2.05) is 26.0 Å². The van der Waals surface area contributed by atoms with Gasteiger partial charge < -0.3 is 10.1 Å². The van der Waals surface area contributed by atoms with Crippen molar-refractivity contribution in [3.63, 3.8) is 0 Å². The Balaban J connectivity index is 0. The first-order valence-electron chi connectivity index (χ1n) is 10.1. The number of ether oxygens (including phenoxy) is 1. The van der Waals surface area contributed by atoms with Crippen LogP contribution in [0.15, 0.2) is 24.3 Å². The molecule has 0 aliphatic carbocycles. The molecule has 6 nitrogen and oxygen atoms in total. The highest BCUT2D eigenvalue weighted by Gasteiger charge is 2.39. The summed E-state index contributed by atoms with van der Waals surface area (Å²) >= 11 is 0. The zero-order valence-corrected chi connectivity index (χ0v) is 20.5. The van der Waals surface area contributed by atoms with Crippen molar-refractivity contribution in [1.82, 2.24) is 5.32 Å². The second-order valence-electron chi connectivity index (χ2n) is 9.34. The number of sulfone groups is 1. The molecule has 1 heterocycles. The van der Waals surface area contributed by atoms with E-state index in [1.165, 1.54) is 0 Å². The van der Waals surface area contributed by atoms with Gasteiger partial charge in [0.05, 0.1) is 11.9 Å². The SMILES string of the molecule is C.C.CC(C)C[C@H](C(=O)N[C@@H]1C(=O)CO[C@@H]1C)S(=O)(=O)Cc1ccc(C(C)(C)C)cc1.S. The molecule has 0 aromatic heterocycles. The van der Waals surface area contributed by atoms with Crippen LogP contribution in [0.4, 0.5) is 0 Å². The fourth-order valence-electron chi connectivity index (χ4n) is 3.38. The first-order chi connectivity index (χ1) is 13.3. The van der Waals surface area contributed by atoms with Gasteiger partial charge in [0.2, 0.25) is 5.91 Å². The number of nitrogens with one attached hydrogen (secondary N) is 1. The van der Waals surface area contributed by atoms with E-state index < -0.39 is 33.1 Å². The summed E-state index contributed by atoms with van der Waals surface area (Å²) in [6, 6.07) is 6.67. The van der Waals surface area contributed by atoms with Crippen LogP contribution >= 0.6 is 13.5 Å². The molecule has 1 aliphatic heterocycles. The van der Waals surface area contributed by atoms with E-state index in [1.54, 1.807) is 19.1 Å². The van der Waals surface area contributed by atoms with Crippen molar-refractivity contribution in [1.29, 1.82) is 0 Å². The minimum absolute atomic E-state index is 0. The van der Waals surface area contributed by atoms with Crippen LogP contribution in [0.25, 0.3) is 0 Å². The lowest BCUT2D eigenvalue weighted by atomic mass is 9.87. The summed E-state index contributed by atoms with van der Waals surface area (Å²) < 4.78 is 31.5. The maximum absolute atomic E-state index is 13.1. The van der Waals surface area contributed by atoms with E-state index in [9.17, 15) is 18.0 Å². The molecule has 0 saturated carbocycles. The monoisotopic (exact) mass is 489 g/mol. The Bertz CT molecular complexity index is 842. The van der Waals surface area contributed by atoms with Gasteiger partial charge in [0.1, 0.15) is 17.9 Å². The Morgan fingerprint density at radius 3 is 2.09 bits per heavy atom. The van der Waals surface area contributed by atoms with Crippen LogP contribution < -0.4 is 5.32 Å². The number of benzene rings is 1. The quantitative estimate of drug-likeness (QED) is 0.621. The Kier molecular flexibility index (Phi) is 13.1. The standard InChI is InChI=1S/C22H33NO5S.2CH4.H2S/c1-14(2)11-19(21(25)23-20-15(3)28-12-18(20)24)29(26,27)13-16-7-9-17(10-8-16)22(4,5)6;;;/h7-10,14-15,19-20H,11-13H2,1-6H3,(H,23,25);2*1H4;1H2/t15-,19-,20+;;;/m1.../s1. The highest BCUT2D eigenvalue weighted by Crippen LogP contribution is 2.24. The summed E-state index contributed by atoms with van der Waals surface area (Å²) in [5.41, 5.74) is 1.74. The molecular weight excluding hydrogens is 446 g/mol. The van der Waals surface area contributed by atoms with Gasteiger partial charge in [-0.05, 0) is 35.8 Å². The third-order valence-corrected chi connectivity index (χ3v) is 7.21. The average Bonchev–Trinajstić information content (AvgIpc) is 2.90. The van der Waals surface area contributed by atoms with Crippen molar-refractivity contribution in [2.45, 2.75) is 91.4 Å². The maximum Gasteiger partial charge on any atom is 0.239 e. The number of ketones is 1. The normalized spacial score (nSPS) is 19.4.